The molecule has 5 heteroatoms. The smallest absolute Gasteiger partial charge is 0.174 e. The Morgan fingerprint density at radius 3 is 2.80 bits per heavy atom. The second kappa shape index (κ2) is 4.12. The highest BCUT2D eigenvalue weighted by molar-refractivity contribution is 9.10. The third-order valence-electron chi connectivity index (χ3n) is 2.12. The summed E-state index contributed by atoms with van der Waals surface area (Å²) in [6.45, 7) is 0. The normalized spacial score (nSPS) is 12.7. The van der Waals surface area contributed by atoms with Gasteiger partial charge >= 0.3 is 0 Å². The van der Waals surface area contributed by atoms with E-state index in [0.717, 1.165) is 6.20 Å². The molecule has 2 heterocycles. The Kier molecular flexibility index (Phi) is 2.83. The van der Waals surface area contributed by atoms with Crippen molar-refractivity contribution in [1.29, 1.82) is 0 Å². The van der Waals surface area contributed by atoms with Gasteiger partial charge in [-0.2, -0.15) is 0 Å². The first-order valence-electron chi connectivity index (χ1n) is 4.28. The summed E-state index contributed by atoms with van der Waals surface area (Å²) in [5.74, 6) is -0.418. The molecular formula is C10H8BrFN2O. The quantitative estimate of drug-likeness (QED) is 0.913. The molecule has 1 unspecified atom stereocenters. The van der Waals surface area contributed by atoms with E-state index in [4.69, 9.17) is 10.2 Å². The summed E-state index contributed by atoms with van der Waals surface area (Å²) in [5.41, 5.74) is 7.01. The van der Waals surface area contributed by atoms with Crippen molar-refractivity contribution >= 4 is 15.9 Å². The first kappa shape index (κ1) is 10.3. The van der Waals surface area contributed by atoms with Crippen molar-refractivity contribution in [3.05, 3.63) is 52.4 Å². The lowest BCUT2D eigenvalue weighted by molar-refractivity contribution is 0.532. The molecule has 0 spiro atoms. The van der Waals surface area contributed by atoms with Gasteiger partial charge < -0.3 is 10.2 Å². The number of hydrogen-bond acceptors (Lipinski definition) is 3. The molecule has 0 fully saturated rings. The number of halogens is 2. The van der Waals surface area contributed by atoms with Gasteiger partial charge in [0.2, 0.25) is 0 Å². The van der Waals surface area contributed by atoms with Crippen molar-refractivity contribution < 1.29 is 8.81 Å². The summed E-state index contributed by atoms with van der Waals surface area (Å²) >= 11 is 3.20. The number of pyridine rings is 1. The van der Waals surface area contributed by atoms with Gasteiger partial charge in [-0.1, -0.05) is 0 Å². The molecule has 0 bridgehead atoms. The van der Waals surface area contributed by atoms with E-state index < -0.39 is 11.9 Å². The Balaban J connectivity index is 2.41. The molecule has 2 aromatic rings. The highest BCUT2D eigenvalue weighted by Gasteiger charge is 2.17. The van der Waals surface area contributed by atoms with E-state index in [2.05, 4.69) is 20.9 Å². The molecule has 0 amide bonds. The fourth-order valence-electron chi connectivity index (χ4n) is 1.33. The van der Waals surface area contributed by atoms with Crippen molar-refractivity contribution in [3.63, 3.8) is 0 Å². The van der Waals surface area contributed by atoms with Gasteiger partial charge in [-0.25, -0.2) is 4.39 Å². The standard InChI is InChI=1S/C10H8BrFN2O/c11-10-7(2-4-15-10)9(13)6-1-3-14-5-8(6)12/h1-5,9H,13H2. The van der Waals surface area contributed by atoms with Crippen LogP contribution >= 0.6 is 15.9 Å². The van der Waals surface area contributed by atoms with E-state index >= 15 is 0 Å². The second-order valence-corrected chi connectivity index (χ2v) is 3.74. The van der Waals surface area contributed by atoms with Gasteiger partial charge in [0.05, 0.1) is 18.5 Å². The van der Waals surface area contributed by atoms with Crippen LogP contribution in [0.25, 0.3) is 0 Å². The molecule has 15 heavy (non-hydrogen) atoms. The van der Waals surface area contributed by atoms with Crippen LogP contribution in [0.5, 0.6) is 0 Å². The summed E-state index contributed by atoms with van der Waals surface area (Å²) < 4.78 is 18.9. The predicted octanol–water partition coefficient (Wildman–Crippen LogP) is 2.62. The first-order valence-corrected chi connectivity index (χ1v) is 5.07. The molecule has 0 aliphatic heterocycles. The Morgan fingerprint density at radius 2 is 2.20 bits per heavy atom. The molecule has 2 N–H and O–H groups in total. The predicted molar refractivity (Wildman–Crippen MR) is 56.6 cm³/mol. The van der Waals surface area contributed by atoms with E-state index in [-0.39, 0.29) is 0 Å². The average Bonchev–Trinajstić information content (AvgIpc) is 2.64. The fraction of sp³-hybridized carbons (Fsp3) is 0.100. The van der Waals surface area contributed by atoms with Gasteiger partial charge in [-0.15, -0.1) is 0 Å². The molecule has 0 radical (unpaired) electrons. The third-order valence-corrected chi connectivity index (χ3v) is 2.76. The van der Waals surface area contributed by atoms with Gasteiger partial charge in [0, 0.05) is 17.3 Å². The van der Waals surface area contributed by atoms with Crippen LogP contribution in [-0.4, -0.2) is 4.98 Å². The highest BCUT2D eigenvalue weighted by Crippen LogP contribution is 2.28. The van der Waals surface area contributed by atoms with Gasteiger partial charge in [-0.3, -0.25) is 4.98 Å². The van der Waals surface area contributed by atoms with E-state index in [9.17, 15) is 4.39 Å². The Hall–Kier alpha value is -1.20. The lowest BCUT2D eigenvalue weighted by atomic mass is 10.0. The summed E-state index contributed by atoms with van der Waals surface area (Å²) in [4.78, 5) is 3.67. The van der Waals surface area contributed by atoms with E-state index in [1.165, 1.54) is 12.5 Å². The number of nitrogens with zero attached hydrogens (tertiary/aromatic N) is 1. The minimum atomic E-state index is -0.555. The topological polar surface area (TPSA) is 52.0 Å². The van der Waals surface area contributed by atoms with Crippen LogP contribution in [0.15, 0.2) is 39.9 Å². The van der Waals surface area contributed by atoms with Crippen molar-refractivity contribution in [1.82, 2.24) is 4.98 Å². The Labute approximate surface area is 94.2 Å². The van der Waals surface area contributed by atoms with Crippen LogP contribution in [0.4, 0.5) is 4.39 Å². The van der Waals surface area contributed by atoms with Crippen LogP contribution in [0, 0.1) is 5.82 Å². The first-order chi connectivity index (χ1) is 7.20. The average molecular weight is 271 g/mol. The zero-order valence-corrected chi connectivity index (χ0v) is 9.24. The van der Waals surface area contributed by atoms with E-state index in [0.29, 0.717) is 15.8 Å². The SMILES string of the molecule is NC(c1ccncc1F)c1ccoc1Br. The third kappa shape index (κ3) is 1.93. The molecule has 0 aliphatic rings. The lowest BCUT2D eigenvalue weighted by Crippen LogP contribution is -2.13. The molecule has 78 valence electrons. The Bertz CT molecular complexity index is 472. The van der Waals surface area contributed by atoms with Crippen LogP contribution in [0.2, 0.25) is 0 Å². The molecule has 2 aromatic heterocycles. The van der Waals surface area contributed by atoms with Crippen LogP contribution in [-0.2, 0) is 0 Å². The lowest BCUT2D eigenvalue weighted by Gasteiger charge is -2.10. The Morgan fingerprint density at radius 1 is 1.40 bits per heavy atom. The molecule has 0 aromatic carbocycles. The van der Waals surface area contributed by atoms with E-state index in [1.807, 2.05) is 0 Å². The number of nitrogens with two attached hydrogens (primary N) is 1. The van der Waals surface area contributed by atoms with Gasteiger partial charge in [-0.05, 0) is 28.1 Å². The molecule has 3 nitrogen and oxygen atoms in total. The number of hydrogen-bond donors (Lipinski definition) is 1. The largest absolute Gasteiger partial charge is 0.457 e. The van der Waals surface area contributed by atoms with E-state index in [1.54, 1.807) is 12.1 Å². The molecule has 0 aliphatic carbocycles. The maximum Gasteiger partial charge on any atom is 0.174 e. The zero-order valence-electron chi connectivity index (χ0n) is 7.65. The van der Waals surface area contributed by atoms with Gasteiger partial charge in [0.25, 0.3) is 0 Å². The second-order valence-electron chi connectivity index (χ2n) is 3.02. The van der Waals surface area contributed by atoms with Crippen LogP contribution in [0.3, 0.4) is 0 Å². The molecule has 0 saturated carbocycles. The van der Waals surface area contributed by atoms with Crippen LogP contribution < -0.4 is 5.73 Å². The number of rotatable bonds is 2. The maximum atomic E-state index is 13.4. The van der Waals surface area contributed by atoms with Crippen molar-refractivity contribution in [2.75, 3.05) is 0 Å². The minimum Gasteiger partial charge on any atom is -0.457 e. The molecule has 0 saturated heterocycles. The van der Waals surface area contributed by atoms with Crippen molar-refractivity contribution in [2.24, 2.45) is 5.73 Å². The summed E-state index contributed by atoms with van der Waals surface area (Å²) in [6.07, 6.45) is 4.15. The van der Waals surface area contributed by atoms with Crippen molar-refractivity contribution in [3.8, 4) is 0 Å². The molecule has 1 atom stereocenters. The summed E-state index contributed by atoms with van der Waals surface area (Å²) in [6, 6.07) is 2.70. The van der Waals surface area contributed by atoms with Crippen LogP contribution in [0.1, 0.15) is 17.2 Å². The fourth-order valence-corrected chi connectivity index (χ4v) is 1.82. The van der Waals surface area contributed by atoms with Crippen molar-refractivity contribution in [2.45, 2.75) is 6.04 Å². The van der Waals surface area contributed by atoms with Gasteiger partial charge in [0.1, 0.15) is 5.82 Å². The highest BCUT2D eigenvalue weighted by atomic mass is 79.9. The minimum absolute atomic E-state index is 0.395. The monoisotopic (exact) mass is 270 g/mol. The maximum absolute atomic E-state index is 13.4. The summed E-state index contributed by atoms with van der Waals surface area (Å²) in [7, 11) is 0. The number of aromatic nitrogens is 1. The summed E-state index contributed by atoms with van der Waals surface area (Å²) in [5, 5.41) is 0. The zero-order chi connectivity index (χ0) is 10.8. The molecular weight excluding hydrogens is 263 g/mol. The van der Waals surface area contributed by atoms with Gasteiger partial charge in [0.15, 0.2) is 4.67 Å². The number of furan rings is 1. The molecule has 2 rings (SSSR count).